The van der Waals surface area contributed by atoms with Gasteiger partial charge in [0.25, 0.3) is 0 Å². The van der Waals surface area contributed by atoms with Gasteiger partial charge < -0.3 is 9.30 Å². The second-order valence-electron chi connectivity index (χ2n) is 4.90. The molecule has 18 heavy (non-hydrogen) atoms. The first kappa shape index (κ1) is 11.3. The molecule has 1 aliphatic heterocycles. The monoisotopic (exact) mass is 242 g/mol. The van der Waals surface area contributed by atoms with Gasteiger partial charge in [-0.25, -0.2) is 4.98 Å². The summed E-state index contributed by atoms with van der Waals surface area (Å²) in [6.07, 6.45) is 6.10. The molecule has 0 fully saturated rings. The highest BCUT2D eigenvalue weighted by Crippen LogP contribution is 2.30. The molecular formula is C15H18N2O. The molecule has 1 aromatic heterocycles. The van der Waals surface area contributed by atoms with E-state index in [-0.39, 0.29) is 6.10 Å². The van der Waals surface area contributed by atoms with E-state index in [0.717, 1.165) is 31.0 Å². The second kappa shape index (κ2) is 4.48. The highest BCUT2D eigenvalue weighted by molar-refractivity contribution is 5.40. The van der Waals surface area contributed by atoms with E-state index in [1.165, 1.54) is 11.1 Å². The van der Waals surface area contributed by atoms with Gasteiger partial charge in [0.1, 0.15) is 17.7 Å². The van der Waals surface area contributed by atoms with E-state index < -0.39 is 0 Å². The van der Waals surface area contributed by atoms with Gasteiger partial charge in [0.2, 0.25) is 0 Å². The number of aryl methyl sites for hydroxylation is 2. The highest BCUT2D eigenvalue weighted by atomic mass is 16.5. The second-order valence-corrected chi connectivity index (χ2v) is 4.90. The summed E-state index contributed by atoms with van der Waals surface area (Å²) in [5.41, 5.74) is 2.63. The maximum Gasteiger partial charge on any atom is 0.123 e. The first-order chi connectivity index (χ1) is 8.76. The van der Waals surface area contributed by atoms with Gasteiger partial charge in [-0.2, -0.15) is 0 Å². The zero-order valence-corrected chi connectivity index (χ0v) is 10.9. The Morgan fingerprint density at radius 2 is 2.33 bits per heavy atom. The Morgan fingerprint density at radius 1 is 1.44 bits per heavy atom. The predicted octanol–water partition coefficient (Wildman–Crippen LogP) is 2.76. The van der Waals surface area contributed by atoms with Crippen molar-refractivity contribution in [3.8, 4) is 5.75 Å². The fourth-order valence-electron chi connectivity index (χ4n) is 2.59. The molecule has 1 aromatic carbocycles. The van der Waals surface area contributed by atoms with Crippen LogP contribution in [-0.2, 0) is 19.4 Å². The molecule has 3 heteroatoms. The first-order valence-electron chi connectivity index (χ1n) is 6.52. The Hall–Kier alpha value is -1.77. The molecule has 0 N–H and O–H groups in total. The summed E-state index contributed by atoms with van der Waals surface area (Å²) in [4.78, 5) is 4.35. The molecule has 0 saturated heterocycles. The summed E-state index contributed by atoms with van der Waals surface area (Å²) in [5.74, 6) is 2.18. The molecule has 3 rings (SSSR count). The number of imidazole rings is 1. The van der Waals surface area contributed by atoms with Crippen LogP contribution >= 0.6 is 0 Å². The van der Waals surface area contributed by atoms with Crippen molar-refractivity contribution in [2.45, 2.75) is 39.3 Å². The van der Waals surface area contributed by atoms with Crippen molar-refractivity contribution in [1.82, 2.24) is 9.55 Å². The minimum atomic E-state index is 0.237. The molecule has 0 saturated carbocycles. The van der Waals surface area contributed by atoms with Crippen molar-refractivity contribution in [2.24, 2.45) is 0 Å². The molecule has 0 aliphatic carbocycles. The van der Waals surface area contributed by atoms with E-state index in [1.54, 1.807) is 0 Å². The third kappa shape index (κ3) is 2.01. The number of hydrogen-bond donors (Lipinski definition) is 0. The van der Waals surface area contributed by atoms with Crippen LogP contribution in [0.25, 0.3) is 0 Å². The molecule has 2 heterocycles. The maximum atomic E-state index is 5.99. The molecule has 0 radical (unpaired) electrons. The number of rotatable bonds is 3. The fraction of sp³-hybridized carbons (Fsp3) is 0.400. The average Bonchev–Trinajstić information content (AvgIpc) is 2.94. The van der Waals surface area contributed by atoms with Crippen LogP contribution in [0.5, 0.6) is 5.75 Å². The van der Waals surface area contributed by atoms with Gasteiger partial charge in [0.05, 0.1) is 6.54 Å². The van der Waals surface area contributed by atoms with Gasteiger partial charge in [0.15, 0.2) is 0 Å². The minimum Gasteiger partial charge on any atom is -0.488 e. The summed E-state index contributed by atoms with van der Waals surface area (Å²) in [6.45, 7) is 5.14. The van der Waals surface area contributed by atoms with Crippen LogP contribution in [0.4, 0.5) is 0 Å². The van der Waals surface area contributed by atoms with Crippen molar-refractivity contribution in [3.05, 3.63) is 47.5 Å². The molecule has 1 aliphatic rings. The van der Waals surface area contributed by atoms with E-state index >= 15 is 0 Å². The first-order valence-corrected chi connectivity index (χ1v) is 6.52. The van der Waals surface area contributed by atoms with Crippen molar-refractivity contribution < 1.29 is 4.74 Å². The lowest BCUT2D eigenvalue weighted by molar-refractivity contribution is 0.207. The number of hydrogen-bond acceptors (Lipinski definition) is 2. The van der Waals surface area contributed by atoms with E-state index in [2.05, 4.69) is 41.6 Å². The molecular weight excluding hydrogens is 224 g/mol. The zero-order chi connectivity index (χ0) is 12.5. The number of benzene rings is 1. The van der Waals surface area contributed by atoms with Crippen LogP contribution in [0.15, 0.2) is 30.6 Å². The van der Waals surface area contributed by atoms with Gasteiger partial charge >= 0.3 is 0 Å². The predicted molar refractivity (Wildman–Crippen MR) is 70.9 cm³/mol. The van der Waals surface area contributed by atoms with E-state index in [4.69, 9.17) is 4.74 Å². The molecule has 3 nitrogen and oxygen atoms in total. The Bertz CT molecular complexity index is 559. The maximum absolute atomic E-state index is 5.99. The van der Waals surface area contributed by atoms with Gasteiger partial charge in [-0.15, -0.1) is 0 Å². The fourth-order valence-corrected chi connectivity index (χ4v) is 2.59. The topological polar surface area (TPSA) is 27.1 Å². The number of fused-ring (bicyclic) bond motifs is 1. The summed E-state index contributed by atoms with van der Waals surface area (Å²) in [7, 11) is 0. The number of ether oxygens (including phenoxy) is 1. The third-order valence-corrected chi connectivity index (χ3v) is 3.48. The normalized spacial score (nSPS) is 17.6. The lowest BCUT2D eigenvalue weighted by atomic mass is 10.1. The number of nitrogens with zero attached hydrogens (tertiary/aromatic N) is 2. The van der Waals surface area contributed by atoms with Crippen LogP contribution in [0.2, 0.25) is 0 Å². The molecule has 0 bridgehead atoms. The van der Waals surface area contributed by atoms with Crippen LogP contribution in [0, 0.1) is 6.92 Å². The Balaban J connectivity index is 1.75. The van der Waals surface area contributed by atoms with Gasteiger partial charge in [0, 0.05) is 25.2 Å². The van der Waals surface area contributed by atoms with Gasteiger partial charge in [-0.1, -0.05) is 24.6 Å². The van der Waals surface area contributed by atoms with Crippen LogP contribution < -0.4 is 4.74 Å². The molecule has 2 aromatic rings. The average molecular weight is 242 g/mol. The van der Waals surface area contributed by atoms with Crippen molar-refractivity contribution in [1.29, 1.82) is 0 Å². The quantitative estimate of drug-likeness (QED) is 0.827. The van der Waals surface area contributed by atoms with Crippen LogP contribution in [0.3, 0.4) is 0 Å². The third-order valence-electron chi connectivity index (χ3n) is 3.48. The molecule has 1 atom stereocenters. The highest BCUT2D eigenvalue weighted by Gasteiger charge is 2.23. The van der Waals surface area contributed by atoms with E-state index in [1.807, 2.05) is 12.4 Å². The van der Waals surface area contributed by atoms with Gasteiger partial charge in [-0.05, 0) is 18.6 Å². The van der Waals surface area contributed by atoms with Crippen LogP contribution in [0.1, 0.15) is 23.9 Å². The molecule has 94 valence electrons. The largest absolute Gasteiger partial charge is 0.488 e. The molecule has 0 amide bonds. The molecule has 1 unspecified atom stereocenters. The SMILES string of the molecule is CCc1nccn1CC1Cc2cc(C)ccc2O1. The Labute approximate surface area is 107 Å². The van der Waals surface area contributed by atoms with E-state index in [0.29, 0.717) is 0 Å². The smallest absolute Gasteiger partial charge is 0.123 e. The number of aromatic nitrogens is 2. The van der Waals surface area contributed by atoms with E-state index in [9.17, 15) is 0 Å². The zero-order valence-electron chi connectivity index (χ0n) is 10.9. The lowest BCUT2D eigenvalue weighted by Gasteiger charge is -2.13. The Kier molecular flexibility index (Phi) is 2.82. The van der Waals surface area contributed by atoms with Crippen molar-refractivity contribution in [3.63, 3.8) is 0 Å². The minimum absolute atomic E-state index is 0.237. The lowest BCUT2D eigenvalue weighted by Crippen LogP contribution is -2.21. The summed E-state index contributed by atoms with van der Waals surface area (Å²) < 4.78 is 8.18. The van der Waals surface area contributed by atoms with Crippen molar-refractivity contribution in [2.75, 3.05) is 0 Å². The Morgan fingerprint density at radius 3 is 3.17 bits per heavy atom. The summed E-state index contributed by atoms with van der Waals surface area (Å²) in [5, 5.41) is 0. The summed E-state index contributed by atoms with van der Waals surface area (Å²) in [6, 6.07) is 6.42. The summed E-state index contributed by atoms with van der Waals surface area (Å²) >= 11 is 0. The standard InChI is InChI=1S/C15H18N2O/c1-3-15-16-6-7-17(15)10-13-9-12-8-11(2)4-5-14(12)18-13/h4-8,13H,3,9-10H2,1-2H3. The van der Waals surface area contributed by atoms with Gasteiger partial charge in [-0.3, -0.25) is 0 Å². The van der Waals surface area contributed by atoms with Crippen molar-refractivity contribution >= 4 is 0 Å². The van der Waals surface area contributed by atoms with Crippen LogP contribution in [-0.4, -0.2) is 15.7 Å². The molecule has 0 spiro atoms.